The monoisotopic (exact) mass is 254 g/mol. The van der Waals surface area contributed by atoms with Gasteiger partial charge in [0, 0.05) is 6.20 Å². The smallest absolute Gasteiger partial charge is 0.247 e. The van der Waals surface area contributed by atoms with Gasteiger partial charge in [0.2, 0.25) is 5.78 Å². The quantitative estimate of drug-likeness (QED) is 0.791. The molecule has 0 aliphatic carbocycles. The fourth-order valence-corrected chi connectivity index (χ4v) is 2.01. The Labute approximate surface area is 111 Å². The van der Waals surface area contributed by atoms with Crippen LogP contribution in [0.2, 0.25) is 0 Å². The van der Waals surface area contributed by atoms with Gasteiger partial charge in [0.05, 0.1) is 12.3 Å². The lowest BCUT2D eigenvalue weighted by atomic mass is 10.1. The minimum Gasteiger partial charge on any atom is -0.490 e. The summed E-state index contributed by atoms with van der Waals surface area (Å²) in [4.78, 5) is 12.2. The first-order chi connectivity index (χ1) is 9.34. The van der Waals surface area contributed by atoms with Gasteiger partial charge >= 0.3 is 0 Å². The topological polar surface area (TPSA) is 44.1 Å². The summed E-state index contributed by atoms with van der Waals surface area (Å²) in [6.45, 7) is 0.608. The number of ketones is 1. The Bertz CT molecular complexity index is 614. The van der Waals surface area contributed by atoms with E-state index in [1.807, 2.05) is 36.4 Å². The third-order valence-corrected chi connectivity index (χ3v) is 3.00. The highest BCUT2D eigenvalue weighted by atomic mass is 16.5. The highest BCUT2D eigenvalue weighted by Gasteiger charge is 2.18. The summed E-state index contributed by atoms with van der Waals surface area (Å²) in [5, 5.41) is 4.30. The molecule has 0 radical (unpaired) electrons. The van der Waals surface area contributed by atoms with E-state index in [4.69, 9.17) is 4.74 Å². The van der Waals surface area contributed by atoms with Gasteiger partial charge in [-0.25, -0.2) is 4.68 Å². The van der Waals surface area contributed by atoms with Crippen molar-refractivity contribution in [2.45, 2.75) is 12.8 Å². The van der Waals surface area contributed by atoms with Crippen molar-refractivity contribution in [3.63, 3.8) is 0 Å². The van der Waals surface area contributed by atoms with E-state index in [1.165, 1.54) is 0 Å². The minimum absolute atomic E-state index is 0.144. The van der Waals surface area contributed by atoms with Gasteiger partial charge in [-0.15, -0.1) is 0 Å². The van der Waals surface area contributed by atoms with Gasteiger partial charge < -0.3 is 4.74 Å². The largest absolute Gasteiger partial charge is 0.490 e. The number of Topliss-reactive ketones (excluding diaryl/α,β-unsaturated/α-hetero) is 1. The third kappa shape index (κ3) is 2.42. The van der Waals surface area contributed by atoms with Crippen LogP contribution in [-0.2, 0) is 4.74 Å². The van der Waals surface area contributed by atoms with Gasteiger partial charge in [-0.2, -0.15) is 5.10 Å². The zero-order valence-electron chi connectivity index (χ0n) is 10.5. The number of benzene rings is 1. The summed E-state index contributed by atoms with van der Waals surface area (Å²) in [5.74, 6) is 0.277. The molecule has 19 heavy (non-hydrogen) atoms. The van der Waals surface area contributed by atoms with Crippen molar-refractivity contribution < 1.29 is 9.53 Å². The summed E-state index contributed by atoms with van der Waals surface area (Å²) in [7, 11) is 0. The molecule has 2 heterocycles. The summed E-state index contributed by atoms with van der Waals surface area (Å²) in [6.07, 6.45) is 5.48. The normalized spacial score (nSPS) is 14.6. The molecule has 0 N–H and O–H groups in total. The number of hydrogen-bond donors (Lipinski definition) is 0. The minimum atomic E-state index is -0.144. The van der Waals surface area contributed by atoms with Gasteiger partial charge in [-0.1, -0.05) is 18.2 Å². The van der Waals surface area contributed by atoms with Crippen LogP contribution in [0.25, 0.3) is 5.69 Å². The number of ether oxygens (including phenoxy) is 1. The molecule has 0 amide bonds. The third-order valence-electron chi connectivity index (χ3n) is 3.00. The molecule has 1 aliphatic rings. The van der Waals surface area contributed by atoms with E-state index in [-0.39, 0.29) is 5.78 Å². The fraction of sp³-hybridized carbons (Fsp3) is 0.200. The molecule has 96 valence electrons. The Morgan fingerprint density at radius 3 is 2.79 bits per heavy atom. The highest BCUT2D eigenvalue weighted by molar-refractivity contribution is 6.05. The Morgan fingerprint density at radius 2 is 2.05 bits per heavy atom. The first kappa shape index (κ1) is 11.7. The first-order valence-corrected chi connectivity index (χ1v) is 6.33. The lowest BCUT2D eigenvalue weighted by molar-refractivity contribution is 0.0894. The molecule has 0 unspecified atom stereocenters. The molecule has 0 saturated heterocycles. The van der Waals surface area contributed by atoms with Crippen LogP contribution in [0.4, 0.5) is 0 Å². The van der Waals surface area contributed by atoms with Crippen molar-refractivity contribution in [3.8, 4) is 5.69 Å². The van der Waals surface area contributed by atoms with E-state index in [0.29, 0.717) is 18.1 Å². The molecule has 2 aromatic rings. The van der Waals surface area contributed by atoms with Crippen molar-refractivity contribution in [1.29, 1.82) is 0 Å². The van der Waals surface area contributed by atoms with E-state index < -0.39 is 0 Å². The molecular formula is C15H14N2O2. The Kier molecular flexibility index (Phi) is 3.14. The lowest BCUT2D eigenvalue weighted by Gasteiger charge is -2.12. The number of hydrogen-bond acceptors (Lipinski definition) is 3. The maximum Gasteiger partial charge on any atom is 0.247 e. The zero-order chi connectivity index (χ0) is 13.1. The van der Waals surface area contributed by atoms with Crippen LogP contribution in [0, 0.1) is 0 Å². The van der Waals surface area contributed by atoms with Gasteiger partial charge in [-0.3, -0.25) is 4.79 Å². The fourth-order valence-electron chi connectivity index (χ4n) is 2.01. The van der Waals surface area contributed by atoms with Crippen LogP contribution < -0.4 is 0 Å². The van der Waals surface area contributed by atoms with E-state index in [0.717, 1.165) is 18.5 Å². The average molecular weight is 254 g/mol. The van der Waals surface area contributed by atoms with Crippen molar-refractivity contribution in [2.24, 2.45) is 0 Å². The number of carbonyl (C=O) groups excluding carboxylic acids is 1. The zero-order valence-corrected chi connectivity index (χ0v) is 10.5. The van der Waals surface area contributed by atoms with E-state index >= 15 is 0 Å². The van der Waals surface area contributed by atoms with Crippen LogP contribution in [-0.4, -0.2) is 22.2 Å². The number of rotatable bonds is 3. The number of nitrogens with zero attached hydrogens (tertiary/aromatic N) is 2. The van der Waals surface area contributed by atoms with Crippen molar-refractivity contribution >= 4 is 5.78 Å². The molecule has 0 spiro atoms. The SMILES string of the molecule is O=C(C1=CCCCO1)c1ccn(-c2ccccc2)n1. The van der Waals surface area contributed by atoms with Gasteiger partial charge in [0.25, 0.3) is 0 Å². The maximum absolute atomic E-state index is 12.2. The van der Waals surface area contributed by atoms with Crippen LogP contribution in [0.1, 0.15) is 23.3 Å². The summed E-state index contributed by atoms with van der Waals surface area (Å²) >= 11 is 0. The van der Waals surface area contributed by atoms with Crippen molar-refractivity contribution in [2.75, 3.05) is 6.61 Å². The van der Waals surface area contributed by atoms with Crippen molar-refractivity contribution in [3.05, 3.63) is 60.1 Å². The van der Waals surface area contributed by atoms with Crippen molar-refractivity contribution in [1.82, 2.24) is 9.78 Å². The molecule has 0 fully saturated rings. The van der Waals surface area contributed by atoms with Crippen LogP contribution in [0.15, 0.2) is 54.4 Å². The summed E-state index contributed by atoms with van der Waals surface area (Å²) in [6, 6.07) is 11.4. The molecular weight excluding hydrogens is 240 g/mol. The molecule has 1 aromatic carbocycles. The first-order valence-electron chi connectivity index (χ1n) is 6.33. The van der Waals surface area contributed by atoms with Crippen LogP contribution in [0.5, 0.6) is 0 Å². The van der Waals surface area contributed by atoms with Gasteiger partial charge in [-0.05, 0) is 37.1 Å². The highest BCUT2D eigenvalue weighted by Crippen LogP contribution is 2.15. The molecule has 4 nitrogen and oxygen atoms in total. The van der Waals surface area contributed by atoms with Crippen LogP contribution >= 0.6 is 0 Å². The molecule has 4 heteroatoms. The predicted octanol–water partition coefficient (Wildman–Crippen LogP) is 2.75. The second kappa shape index (κ2) is 5.10. The standard InChI is InChI=1S/C15H14N2O2/c18-15(14-8-4-5-11-19-14)13-9-10-17(16-13)12-6-2-1-3-7-12/h1-3,6-10H,4-5,11H2. The van der Waals surface area contributed by atoms with E-state index in [9.17, 15) is 4.79 Å². The maximum atomic E-state index is 12.2. The lowest BCUT2D eigenvalue weighted by Crippen LogP contribution is -2.12. The summed E-state index contributed by atoms with van der Waals surface area (Å²) in [5.41, 5.74) is 1.34. The van der Waals surface area contributed by atoms with Gasteiger partial charge in [0.1, 0.15) is 5.69 Å². The molecule has 1 aromatic heterocycles. The van der Waals surface area contributed by atoms with Gasteiger partial charge in [0.15, 0.2) is 5.76 Å². The predicted molar refractivity (Wildman–Crippen MR) is 71.2 cm³/mol. The molecule has 0 atom stereocenters. The molecule has 0 bridgehead atoms. The summed E-state index contributed by atoms with van der Waals surface area (Å²) < 4.78 is 7.06. The van der Waals surface area contributed by atoms with E-state index in [1.54, 1.807) is 16.9 Å². The number of aromatic nitrogens is 2. The number of allylic oxidation sites excluding steroid dienone is 2. The molecule has 1 aliphatic heterocycles. The second-order valence-corrected chi connectivity index (χ2v) is 4.37. The van der Waals surface area contributed by atoms with E-state index in [2.05, 4.69) is 5.10 Å². The van der Waals surface area contributed by atoms with Crippen LogP contribution in [0.3, 0.4) is 0 Å². The Balaban J connectivity index is 1.85. The second-order valence-electron chi connectivity index (χ2n) is 4.37. The molecule has 3 rings (SSSR count). The Hall–Kier alpha value is -2.36. The molecule has 0 saturated carbocycles. The number of para-hydroxylation sites is 1. The Morgan fingerprint density at radius 1 is 1.21 bits per heavy atom. The number of carbonyl (C=O) groups is 1. The average Bonchev–Trinajstić information content (AvgIpc) is 2.98.